The number of fused-ring (bicyclic) bond motifs is 1. The number of rotatable bonds is 6. The molecular formula is C26H30N2O4. The number of carbonyl (C=O) groups excluding carboxylic acids is 2. The minimum absolute atomic E-state index is 0.0605. The molecule has 1 heterocycles. The average molecular weight is 435 g/mol. The molecule has 0 saturated heterocycles. The highest BCUT2D eigenvalue weighted by Crippen LogP contribution is 2.44. The Morgan fingerprint density at radius 1 is 0.969 bits per heavy atom. The van der Waals surface area contributed by atoms with E-state index in [0.717, 1.165) is 66.8 Å². The quantitative estimate of drug-likeness (QED) is 0.702. The third kappa shape index (κ3) is 4.06. The molecule has 2 fully saturated rings. The van der Waals surface area contributed by atoms with E-state index >= 15 is 0 Å². The Morgan fingerprint density at radius 2 is 1.66 bits per heavy atom. The molecule has 0 spiro atoms. The van der Waals surface area contributed by atoms with Crippen LogP contribution >= 0.6 is 0 Å². The van der Waals surface area contributed by atoms with Crippen LogP contribution in [0.3, 0.4) is 0 Å². The van der Waals surface area contributed by atoms with E-state index in [1.54, 1.807) is 0 Å². The van der Waals surface area contributed by atoms with Crippen LogP contribution in [-0.2, 0) is 15.0 Å². The van der Waals surface area contributed by atoms with Crippen molar-refractivity contribution in [1.29, 1.82) is 0 Å². The van der Waals surface area contributed by atoms with Crippen molar-refractivity contribution < 1.29 is 19.1 Å². The molecule has 2 amide bonds. The molecule has 32 heavy (non-hydrogen) atoms. The van der Waals surface area contributed by atoms with Gasteiger partial charge in [-0.2, -0.15) is 0 Å². The Labute approximate surface area is 188 Å². The number of carbonyl (C=O) groups is 2. The molecule has 168 valence electrons. The maximum absolute atomic E-state index is 13.6. The van der Waals surface area contributed by atoms with Crippen LogP contribution < -0.4 is 20.1 Å². The van der Waals surface area contributed by atoms with E-state index < -0.39 is 5.41 Å². The summed E-state index contributed by atoms with van der Waals surface area (Å²) < 4.78 is 11.4. The lowest BCUT2D eigenvalue weighted by Gasteiger charge is -2.31. The van der Waals surface area contributed by atoms with E-state index in [2.05, 4.69) is 10.6 Å². The first kappa shape index (κ1) is 20.9. The molecule has 2 aromatic carbocycles. The van der Waals surface area contributed by atoms with Gasteiger partial charge in [-0.25, -0.2) is 0 Å². The molecule has 1 aliphatic heterocycles. The minimum atomic E-state index is -0.539. The molecule has 5 rings (SSSR count). The Balaban J connectivity index is 1.30. The van der Waals surface area contributed by atoms with Gasteiger partial charge in [0.05, 0.1) is 11.5 Å². The molecule has 0 bridgehead atoms. The zero-order valence-corrected chi connectivity index (χ0v) is 18.5. The van der Waals surface area contributed by atoms with E-state index in [1.807, 2.05) is 49.4 Å². The van der Waals surface area contributed by atoms with Gasteiger partial charge in [-0.05, 0) is 68.0 Å². The summed E-state index contributed by atoms with van der Waals surface area (Å²) in [5, 5.41) is 6.21. The molecule has 1 unspecified atom stereocenters. The standard InChI is InChI=1S/C26H30N2O4/c1-17(18-6-9-21(10-7-18)28-24(29)19-4-5-19)27-25(30)26(12-2-3-13-26)20-8-11-22-23(16-20)32-15-14-31-22/h6-11,16-17,19H,2-5,12-15H2,1H3,(H,27,30)(H,28,29). The summed E-state index contributed by atoms with van der Waals surface area (Å²) in [5.41, 5.74) is 2.27. The van der Waals surface area contributed by atoms with Crippen molar-refractivity contribution >= 4 is 17.5 Å². The fraction of sp³-hybridized carbons (Fsp3) is 0.462. The zero-order valence-electron chi connectivity index (χ0n) is 18.5. The highest BCUT2D eigenvalue weighted by atomic mass is 16.6. The normalized spacial score (nSPS) is 19.8. The Bertz CT molecular complexity index is 1010. The lowest BCUT2D eigenvalue weighted by atomic mass is 9.77. The van der Waals surface area contributed by atoms with Gasteiger partial charge in [0.1, 0.15) is 13.2 Å². The summed E-state index contributed by atoms with van der Waals surface area (Å²) in [6.07, 6.45) is 5.70. The van der Waals surface area contributed by atoms with Crippen molar-refractivity contribution in [1.82, 2.24) is 5.32 Å². The van der Waals surface area contributed by atoms with Crippen molar-refractivity contribution in [3.05, 3.63) is 53.6 Å². The van der Waals surface area contributed by atoms with Crippen LogP contribution in [0.25, 0.3) is 0 Å². The predicted molar refractivity (Wildman–Crippen MR) is 122 cm³/mol. The average Bonchev–Trinajstić information content (AvgIpc) is 3.55. The second-order valence-electron chi connectivity index (χ2n) is 9.23. The molecule has 0 aromatic heterocycles. The van der Waals surface area contributed by atoms with Gasteiger partial charge < -0.3 is 20.1 Å². The first-order chi connectivity index (χ1) is 15.5. The summed E-state index contributed by atoms with van der Waals surface area (Å²) in [7, 11) is 0. The van der Waals surface area contributed by atoms with Gasteiger partial charge in [-0.3, -0.25) is 9.59 Å². The summed E-state index contributed by atoms with van der Waals surface area (Å²) in [6.45, 7) is 3.09. The van der Waals surface area contributed by atoms with E-state index in [-0.39, 0.29) is 23.8 Å². The SMILES string of the molecule is CC(NC(=O)C1(c2ccc3c(c2)OCCO3)CCCC1)c1ccc(NC(=O)C2CC2)cc1. The van der Waals surface area contributed by atoms with Gasteiger partial charge >= 0.3 is 0 Å². The van der Waals surface area contributed by atoms with Crippen molar-refractivity contribution in [2.24, 2.45) is 5.92 Å². The topological polar surface area (TPSA) is 76.7 Å². The lowest BCUT2D eigenvalue weighted by molar-refractivity contribution is -0.127. The monoisotopic (exact) mass is 434 g/mol. The summed E-state index contributed by atoms with van der Waals surface area (Å²) in [6, 6.07) is 13.6. The predicted octanol–water partition coefficient (Wildman–Crippen LogP) is 4.50. The van der Waals surface area contributed by atoms with Gasteiger partial charge in [0.25, 0.3) is 0 Å². The Hall–Kier alpha value is -3.02. The minimum Gasteiger partial charge on any atom is -0.486 e. The molecule has 1 atom stereocenters. The maximum atomic E-state index is 13.6. The molecule has 0 radical (unpaired) electrons. The molecular weight excluding hydrogens is 404 g/mol. The first-order valence-electron chi connectivity index (χ1n) is 11.7. The molecule has 6 nitrogen and oxygen atoms in total. The largest absolute Gasteiger partial charge is 0.486 e. The number of ether oxygens (including phenoxy) is 2. The Morgan fingerprint density at radius 3 is 2.34 bits per heavy atom. The highest BCUT2D eigenvalue weighted by Gasteiger charge is 2.43. The number of benzene rings is 2. The lowest BCUT2D eigenvalue weighted by Crippen LogP contribution is -2.43. The van der Waals surface area contributed by atoms with E-state index in [4.69, 9.17) is 9.47 Å². The third-order valence-electron chi connectivity index (χ3n) is 6.96. The fourth-order valence-electron chi connectivity index (χ4n) is 4.83. The molecule has 2 aromatic rings. The summed E-state index contributed by atoms with van der Waals surface area (Å²) >= 11 is 0. The van der Waals surface area contributed by atoms with Crippen molar-refractivity contribution in [2.75, 3.05) is 18.5 Å². The number of nitrogens with one attached hydrogen (secondary N) is 2. The number of hydrogen-bond acceptors (Lipinski definition) is 4. The van der Waals surface area contributed by atoms with Gasteiger partial charge in [-0.15, -0.1) is 0 Å². The number of anilines is 1. The summed E-state index contributed by atoms with van der Waals surface area (Å²) in [5.74, 6) is 1.81. The van der Waals surface area contributed by atoms with Gasteiger partial charge in [0.2, 0.25) is 11.8 Å². The van der Waals surface area contributed by atoms with Crippen LogP contribution in [0, 0.1) is 5.92 Å². The number of amides is 2. The van der Waals surface area contributed by atoms with Crippen LogP contribution in [0.5, 0.6) is 11.5 Å². The van der Waals surface area contributed by atoms with Crippen molar-refractivity contribution in [3.8, 4) is 11.5 Å². The van der Waals surface area contributed by atoms with E-state index in [1.165, 1.54) is 0 Å². The molecule has 2 N–H and O–H groups in total. The van der Waals surface area contributed by atoms with E-state index in [0.29, 0.717) is 13.2 Å². The summed E-state index contributed by atoms with van der Waals surface area (Å²) in [4.78, 5) is 25.5. The highest BCUT2D eigenvalue weighted by molar-refractivity contribution is 5.94. The molecule has 3 aliphatic rings. The van der Waals surface area contributed by atoms with Crippen LogP contribution in [0.1, 0.15) is 62.6 Å². The third-order valence-corrected chi connectivity index (χ3v) is 6.96. The molecule has 2 aliphatic carbocycles. The second-order valence-corrected chi connectivity index (χ2v) is 9.23. The number of hydrogen-bond donors (Lipinski definition) is 2. The smallest absolute Gasteiger partial charge is 0.231 e. The van der Waals surface area contributed by atoms with Crippen LogP contribution in [0.4, 0.5) is 5.69 Å². The molecule has 6 heteroatoms. The van der Waals surface area contributed by atoms with Gasteiger partial charge in [0.15, 0.2) is 11.5 Å². The van der Waals surface area contributed by atoms with Crippen molar-refractivity contribution in [3.63, 3.8) is 0 Å². The van der Waals surface area contributed by atoms with Gasteiger partial charge in [0, 0.05) is 11.6 Å². The van der Waals surface area contributed by atoms with Crippen molar-refractivity contribution in [2.45, 2.75) is 56.9 Å². The Kier molecular flexibility index (Phi) is 5.53. The fourth-order valence-corrected chi connectivity index (χ4v) is 4.83. The van der Waals surface area contributed by atoms with E-state index in [9.17, 15) is 9.59 Å². The van der Waals surface area contributed by atoms with Crippen LogP contribution in [0.2, 0.25) is 0 Å². The first-order valence-corrected chi connectivity index (χ1v) is 11.7. The van der Waals surface area contributed by atoms with Crippen LogP contribution in [-0.4, -0.2) is 25.0 Å². The molecule has 2 saturated carbocycles. The van der Waals surface area contributed by atoms with Crippen LogP contribution in [0.15, 0.2) is 42.5 Å². The zero-order chi connectivity index (χ0) is 22.1. The van der Waals surface area contributed by atoms with Gasteiger partial charge in [-0.1, -0.05) is 31.0 Å². The maximum Gasteiger partial charge on any atom is 0.231 e. The second kappa shape index (κ2) is 8.49.